The second kappa shape index (κ2) is 7.77. The molecule has 1 N–H and O–H groups in total. The van der Waals surface area contributed by atoms with Crippen molar-refractivity contribution in [2.75, 3.05) is 0 Å². The Kier molecular flexibility index (Phi) is 5.73. The molecule has 0 aliphatic rings. The number of rotatable bonds is 7. The van der Waals surface area contributed by atoms with Gasteiger partial charge < -0.3 is 9.84 Å². The Hall–Kier alpha value is -1.90. The normalized spacial score (nSPS) is 13.6. The minimum atomic E-state index is -0.526. The van der Waals surface area contributed by atoms with Gasteiger partial charge in [-0.1, -0.05) is 67.2 Å². The molecule has 0 saturated heterocycles. The van der Waals surface area contributed by atoms with Gasteiger partial charge in [-0.15, -0.1) is 0 Å². The highest BCUT2D eigenvalue weighted by molar-refractivity contribution is 5.20. The van der Waals surface area contributed by atoms with Crippen molar-refractivity contribution < 1.29 is 9.84 Å². The molecule has 21 heavy (non-hydrogen) atoms. The first-order valence-corrected chi connectivity index (χ1v) is 7.23. The molecule has 2 rings (SSSR count). The predicted octanol–water partition coefficient (Wildman–Crippen LogP) is 4.27. The van der Waals surface area contributed by atoms with Gasteiger partial charge in [0.1, 0.15) is 0 Å². The Bertz CT molecular complexity index is 548. The zero-order valence-corrected chi connectivity index (χ0v) is 12.4. The summed E-state index contributed by atoms with van der Waals surface area (Å²) in [6.07, 6.45) is -0.0926. The van der Waals surface area contributed by atoms with E-state index in [0.717, 1.165) is 16.7 Å². The quantitative estimate of drug-likeness (QED) is 0.768. The number of aliphatic hydroxyl groups is 1. The third-order valence-corrected chi connectivity index (χ3v) is 3.56. The predicted molar refractivity (Wildman–Crippen MR) is 85.9 cm³/mol. The van der Waals surface area contributed by atoms with E-state index in [-0.39, 0.29) is 6.10 Å². The van der Waals surface area contributed by atoms with Crippen LogP contribution in [0.5, 0.6) is 0 Å². The molecule has 0 bridgehead atoms. The summed E-state index contributed by atoms with van der Waals surface area (Å²) < 4.78 is 5.82. The molecular weight excluding hydrogens is 260 g/mol. The molecular formula is C19H22O2. The Morgan fingerprint density at radius 3 is 2.24 bits per heavy atom. The van der Waals surface area contributed by atoms with Gasteiger partial charge in [-0.2, -0.15) is 0 Å². The monoisotopic (exact) mass is 282 g/mol. The Morgan fingerprint density at radius 2 is 1.62 bits per heavy atom. The van der Waals surface area contributed by atoms with Crippen LogP contribution in [0.4, 0.5) is 0 Å². The van der Waals surface area contributed by atoms with Crippen molar-refractivity contribution in [2.45, 2.75) is 32.2 Å². The highest BCUT2D eigenvalue weighted by Gasteiger charge is 2.14. The Morgan fingerprint density at radius 1 is 1.05 bits per heavy atom. The van der Waals surface area contributed by atoms with Gasteiger partial charge in [0.2, 0.25) is 0 Å². The summed E-state index contributed by atoms with van der Waals surface area (Å²) in [4.78, 5) is 0. The molecule has 0 saturated carbocycles. The van der Waals surface area contributed by atoms with E-state index in [1.807, 2.05) is 67.6 Å². The third-order valence-electron chi connectivity index (χ3n) is 3.56. The number of hydrogen-bond donors (Lipinski definition) is 1. The lowest BCUT2D eigenvalue weighted by Gasteiger charge is -2.19. The van der Waals surface area contributed by atoms with Crippen LogP contribution in [0.25, 0.3) is 0 Å². The van der Waals surface area contributed by atoms with Gasteiger partial charge in [0.25, 0.3) is 0 Å². The van der Waals surface area contributed by atoms with Crippen LogP contribution in [0, 0.1) is 0 Å². The van der Waals surface area contributed by atoms with E-state index in [9.17, 15) is 5.11 Å². The van der Waals surface area contributed by atoms with E-state index in [4.69, 9.17) is 4.74 Å². The maximum atomic E-state index is 10.2. The number of benzene rings is 2. The molecule has 2 aromatic carbocycles. The van der Waals surface area contributed by atoms with Gasteiger partial charge in [0.15, 0.2) is 0 Å². The molecule has 0 aromatic heterocycles. The zero-order chi connectivity index (χ0) is 15.1. The molecule has 0 spiro atoms. The van der Waals surface area contributed by atoms with E-state index in [1.54, 1.807) is 0 Å². The summed E-state index contributed by atoms with van der Waals surface area (Å²) in [6.45, 7) is 6.58. The van der Waals surface area contributed by atoms with Crippen LogP contribution in [0.3, 0.4) is 0 Å². The van der Waals surface area contributed by atoms with Crippen LogP contribution in [-0.2, 0) is 11.3 Å². The molecule has 110 valence electrons. The lowest BCUT2D eigenvalue weighted by atomic mass is 10.00. The Labute approximate surface area is 126 Å². The molecule has 0 unspecified atom stereocenters. The molecule has 0 heterocycles. The highest BCUT2D eigenvalue weighted by Crippen LogP contribution is 2.23. The number of hydrogen-bond acceptors (Lipinski definition) is 2. The van der Waals surface area contributed by atoms with E-state index >= 15 is 0 Å². The summed E-state index contributed by atoms with van der Waals surface area (Å²) in [7, 11) is 0. The lowest BCUT2D eigenvalue weighted by molar-refractivity contribution is 0.0679. The molecule has 2 heteroatoms. The maximum Gasteiger partial charge on any atom is 0.0828 e. The minimum Gasteiger partial charge on any atom is -0.388 e. The van der Waals surface area contributed by atoms with Crippen molar-refractivity contribution in [2.24, 2.45) is 0 Å². The first kappa shape index (κ1) is 15.5. The maximum absolute atomic E-state index is 10.2. The van der Waals surface area contributed by atoms with Gasteiger partial charge >= 0.3 is 0 Å². The van der Waals surface area contributed by atoms with Crippen LogP contribution in [0.15, 0.2) is 72.8 Å². The second-order valence-electron chi connectivity index (χ2n) is 5.23. The SMILES string of the molecule is C=C(C[C@@H](O)c1ccccc1)[C@@H](C)OCc1ccccc1. The van der Waals surface area contributed by atoms with E-state index < -0.39 is 6.10 Å². The zero-order valence-electron chi connectivity index (χ0n) is 12.4. The van der Waals surface area contributed by atoms with Crippen molar-refractivity contribution in [3.05, 3.63) is 83.9 Å². The number of ether oxygens (including phenoxy) is 1. The molecule has 0 aliphatic carbocycles. The van der Waals surface area contributed by atoms with Crippen molar-refractivity contribution in [1.29, 1.82) is 0 Å². The van der Waals surface area contributed by atoms with Gasteiger partial charge in [0, 0.05) is 6.42 Å². The third kappa shape index (κ3) is 4.85. The Balaban J connectivity index is 1.82. The highest BCUT2D eigenvalue weighted by atomic mass is 16.5. The van der Waals surface area contributed by atoms with Crippen LogP contribution in [0.1, 0.15) is 30.6 Å². The topological polar surface area (TPSA) is 29.5 Å². The molecule has 2 aromatic rings. The van der Waals surface area contributed by atoms with Crippen molar-refractivity contribution in [3.8, 4) is 0 Å². The molecule has 0 radical (unpaired) electrons. The summed E-state index contributed by atoms with van der Waals surface area (Å²) in [5.41, 5.74) is 2.96. The standard InChI is InChI=1S/C19H22O2/c1-15(13-19(20)18-11-7-4-8-12-18)16(2)21-14-17-9-5-3-6-10-17/h3-12,16,19-20H,1,13-14H2,2H3/t16-,19-/m1/s1. The summed E-state index contributed by atoms with van der Waals surface area (Å²) in [5, 5.41) is 10.2. The summed E-state index contributed by atoms with van der Waals surface area (Å²) >= 11 is 0. The van der Waals surface area contributed by atoms with Gasteiger partial charge in [0.05, 0.1) is 18.8 Å². The molecule has 2 atom stereocenters. The molecule has 0 amide bonds. The minimum absolute atomic E-state index is 0.0800. The van der Waals surface area contributed by atoms with Crippen LogP contribution >= 0.6 is 0 Å². The molecule has 0 fully saturated rings. The van der Waals surface area contributed by atoms with Gasteiger partial charge in [-0.05, 0) is 23.6 Å². The van der Waals surface area contributed by atoms with E-state index in [2.05, 4.69) is 6.58 Å². The van der Waals surface area contributed by atoms with Crippen molar-refractivity contribution >= 4 is 0 Å². The summed E-state index contributed by atoms with van der Waals surface area (Å²) in [5.74, 6) is 0. The molecule has 0 aliphatic heterocycles. The average molecular weight is 282 g/mol. The smallest absolute Gasteiger partial charge is 0.0828 e. The fourth-order valence-electron chi connectivity index (χ4n) is 2.12. The molecule has 2 nitrogen and oxygen atoms in total. The van der Waals surface area contributed by atoms with E-state index in [0.29, 0.717) is 13.0 Å². The largest absolute Gasteiger partial charge is 0.388 e. The fraction of sp³-hybridized carbons (Fsp3) is 0.263. The van der Waals surface area contributed by atoms with Crippen molar-refractivity contribution in [3.63, 3.8) is 0 Å². The van der Waals surface area contributed by atoms with Crippen LogP contribution in [0.2, 0.25) is 0 Å². The lowest BCUT2D eigenvalue weighted by Crippen LogP contribution is -2.13. The second-order valence-corrected chi connectivity index (χ2v) is 5.23. The van der Waals surface area contributed by atoms with Crippen LogP contribution < -0.4 is 0 Å². The van der Waals surface area contributed by atoms with Gasteiger partial charge in [-0.3, -0.25) is 0 Å². The average Bonchev–Trinajstić information content (AvgIpc) is 2.54. The van der Waals surface area contributed by atoms with E-state index in [1.165, 1.54) is 0 Å². The summed E-state index contributed by atoms with van der Waals surface area (Å²) in [6, 6.07) is 19.7. The first-order valence-electron chi connectivity index (χ1n) is 7.23. The first-order chi connectivity index (χ1) is 10.2. The van der Waals surface area contributed by atoms with Gasteiger partial charge in [-0.25, -0.2) is 0 Å². The van der Waals surface area contributed by atoms with Crippen LogP contribution in [-0.4, -0.2) is 11.2 Å². The van der Waals surface area contributed by atoms with Crippen molar-refractivity contribution in [1.82, 2.24) is 0 Å². The number of aliphatic hydroxyl groups excluding tert-OH is 1. The fourth-order valence-corrected chi connectivity index (χ4v) is 2.12.